The van der Waals surface area contributed by atoms with E-state index in [0.717, 1.165) is 27.2 Å². The van der Waals surface area contributed by atoms with Gasteiger partial charge in [0, 0.05) is 25.3 Å². The van der Waals surface area contributed by atoms with Gasteiger partial charge in [-0.3, -0.25) is 9.52 Å². The van der Waals surface area contributed by atoms with E-state index in [0.29, 0.717) is 33.9 Å². The Morgan fingerprint density at radius 1 is 1.17 bits per heavy atom. The Bertz CT molecular complexity index is 945. The predicted octanol–water partition coefficient (Wildman–Crippen LogP) is 4.08. The second kappa shape index (κ2) is 6.64. The quantitative estimate of drug-likeness (QED) is 0.675. The number of rotatable bonds is 4. The number of carbonyl (C=O) groups is 1. The molecule has 1 N–H and O–H groups in total. The summed E-state index contributed by atoms with van der Waals surface area (Å²) in [5.74, 6) is -0.357. The number of hydrogen-bond acceptors (Lipinski definition) is 4. The van der Waals surface area contributed by atoms with Crippen molar-refractivity contribution in [2.45, 2.75) is 22.6 Å². The molecule has 1 aliphatic carbocycles. The molecule has 0 amide bonds. The number of hydrogen-bond donors (Lipinski definition) is 1. The molecule has 0 saturated carbocycles. The van der Waals surface area contributed by atoms with E-state index < -0.39 is 10.0 Å². The van der Waals surface area contributed by atoms with Gasteiger partial charge in [-0.1, -0.05) is 11.8 Å². The molecule has 2 aromatic carbocycles. The Hall–Kier alpha value is -1.13. The average molecular weight is 477 g/mol. The van der Waals surface area contributed by atoms with Crippen LogP contribution in [0.3, 0.4) is 0 Å². The number of Topliss-reactive ketones (excluding diaryl/α,β-unsaturated/α-hetero) is 1. The summed E-state index contributed by atoms with van der Waals surface area (Å²) in [6.07, 6.45) is 2.07. The second-order valence-corrected chi connectivity index (χ2v) is 9.56. The predicted molar refractivity (Wildman–Crippen MR) is 101 cm³/mol. The molecule has 126 valence electrons. The highest BCUT2D eigenvalue weighted by Crippen LogP contribution is 2.39. The third-order valence-corrected chi connectivity index (χ3v) is 5.91. The highest BCUT2D eigenvalue weighted by atomic mass is 127. The lowest BCUT2D eigenvalue weighted by molar-refractivity contribution is 0.0994. The van der Waals surface area contributed by atoms with Crippen molar-refractivity contribution in [3.8, 4) is 0 Å². The van der Waals surface area contributed by atoms with Gasteiger partial charge in [-0.05, 0) is 64.9 Å². The van der Waals surface area contributed by atoms with Crippen molar-refractivity contribution < 1.29 is 17.6 Å². The minimum absolute atomic E-state index is 0.0286. The molecule has 0 aliphatic heterocycles. The highest BCUT2D eigenvalue weighted by molar-refractivity contribution is 14.1. The number of anilines is 1. The van der Waals surface area contributed by atoms with E-state index in [4.69, 9.17) is 0 Å². The zero-order valence-electron chi connectivity index (χ0n) is 12.6. The molecule has 0 heterocycles. The second-order valence-electron chi connectivity index (χ2n) is 5.48. The minimum Gasteiger partial charge on any atom is -0.294 e. The van der Waals surface area contributed by atoms with Crippen LogP contribution in [-0.2, 0) is 16.4 Å². The summed E-state index contributed by atoms with van der Waals surface area (Å²) in [4.78, 5) is 12.8. The standard InChI is InChI=1S/C16H13FINO3S2/c1-24(21,22)19-13-6-9-2-4-14(20)11(9)8-16(13)23-15-5-3-10(18)7-12(15)17/h3,5-8,19H,2,4H2,1H3. The molecule has 4 nitrogen and oxygen atoms in total. The molecule has 24 heavy (non-hydrogen) atoms. The summed E-state index contributed by atoms with van der Waals surface area (Å²) in [5, 5.41) is 0. The van der Waals surface area contributed by atoms with E-state index in [-0.39, 0.29) is 11.6 Å². The van der Waals surface area contributed by atoms with Gasteiger partial charge in [0.2, 0.25) is 10.0 Å². The SMILES string of the molecule is CS(=O)(=O)Nc1cc2c(cc1Sc1ccc(I)cc1F)C(=O)CC2. The molecule has 0 fully saturated rings. The fourth-order valence-electron chi connectivity index (χ4n) is 2.51. The first-order chi connectivity index (χ1) is 11.2. The van der Waals surface area contributed by atoms with Gasteiger partial charge in [-0.15, -0.1) is 0 Å². The molecule has 0 unspecified atom stereocenters. The van der Waals surface area contributed by atoms with Gasteiger partial charge in [0.05, 0.1) is 11.9 Å². The molecule has 2 aromatic rings. The van der Waals surface area contributed by atoms with Crippen LogP contribution >= 0.6 is 34.4 Å². The molecular formula is C16H13FINO3S2. The first-order valence-electron chi connectivity index (χ1n) is 7.04. The van der Waals surface area contributed by atoms with E-state index >= 15 is 0 Å². The Kier molecular flexibility index (Phi) is 4.89. The largest absolute Gasteiger partial charge is 0.294 e. The van der Waals surface area contributed by atoms with Gasteiger partial charge in [0.25, 0.3) is 0 Å². The normalized spacial score (nSPS) is 13.9. The molecule has 8 heteroatoms. The lowest BCUT2D eigenvalue weighted by atomic mass is 10.1. The molecule has 3 rings (SSSR count). The molecule has 0 atom stereocenters. The Morgan fingerprint density at radius 2 is 1.92 bits per heavy atom. The first kappa shape index (κ1) is 17.7. The number of aryl methyl sites for hydroxylation is 1. The van der Waals surface area contributed by atoms with Gasteiger partial charge >= 0.3 is 0 Å². The molecule has 0 saturated heterocycles. The van der Waals surface area contributed by atoms with Gasteiger partial charge in [0.1, 0.15) is 5.82 Å². The van der Waals surface area contributed by atoms with E-state index in [2.05, 4.69) is 4.72 Å². The van der Waals surface area contributed by atoms with E-state index in [1.165, 1.54) is 6.07 Å². The van der Waals surface area contributed by atoms with Crippen LogP contribution in [0.1, 0.15) is 22.3 Å². The fraction of sp³-hybridized carbons (Fsp3) is 0.188. The Balaban J connectivity index is 2.07. The molecular weight excluding hydrogens is 464 g/mol. The molecule has 0 aromatic heterocycles. The van der Waals surface area contributed by atoms with Crippen LogP contribution in [0.5, 0.6) is 0 Å². The van der Waals surface area contributed by atoms with Crippen LogP contribution < -0.4 is 4.72 Å². The van der Waals surface area contributed by atoms with Crippen LogP contribution in [0.2, 0.25) is 0 Å². The van der Waals surface area contributed by atoms with Gasteiger partial charge in [-0.25, -0.2) is 12.8 Å². The maximum absolute atomic E-state index is 14.1. The third kappa shape index (κ3) is 3.92. The number of sulfonamides is 1. The van der Waals surface area contributed by atoms with Crippen LogP contribution in [-0.4, -0.2) is 20.5 Å². The molecule has 1 aliphatic rings. The third-order valence-electron chi connectivity index (χ3n) is 3.54. The zero-order chi connectivity index (χ0) is 17.5. The van der Waals surface area contributed by atoms with Crippen molar-refractivity contribution in [2.75, 3.05) is 11.0 Å². The monoisotopic (exact) mass is 477 g/mol. The summed E-state index contributed by atoms with van der Waals surface area (Å²) >= 11 is 3.12. The number of carbonyl (C=O) groups excluding carboxylic acids is 1. The Morgan fingerprint density at radius 3 is 2.58 bits per heavy atom. The van der Waals surface area contributed by atoms with Gasteiger partial charge < -0.3 is 0 Å². The van der Waals surface area contributed by atoms with Crippen molar-refractivity contribution in [3.05, 3.63) is 50.8 Å². The lowest BCUT2D eigenvalue weighted by Crippen LogP contribution is -2.11. The minimum atomic E-state index is -3.48. The van der Waals surface area contributed by atoms with Crippen LogP contribution in [0, 0.1) is 9.39 Å². The van der Waals surface area contributed by atoms with Crippen LogP contribution in [0.25, 0.3) is 0 Å². The van der Waals surface area contributed by atoms with Crippen molar-refractivity contribution in [3.63, 3.8) is 0 Å². The fourth-order valence-corrected chi connectivity index (χ4v) is 4.53. The summed E-state index contributed by atoms with van der Waals surface area (Å²) in [6.45, 7) is 0. The number of nitrogens with one attached hydrogen (secondary N) is 1. The Labute approximate surface area is 157 Å². The lowest BCUT2D eigenvalue weighted by Gasteiger charge is -2.13. The van der Waals surface area contributed by atoms with Gasteiger partial charge in [0.15, 0.2) is 5.78 Å². The van der Waals surface area contributed by atoms with Crippen molar-refractivity contribution in [1.82, 2.24) is 0 Å². The zero-order valence-corrected chi connectivity index (χ0v) is 16.4. The van der Waals surface area contributed by atoms with Gasteiger partial charge in [-0.2, -0.15) is 0 Å². The van der Waals surface area contributed by atoms with Crippen molar-refractivity contribution >= 4 is 55.8 Å². The summed E-state index contributed by atoms with van der Waals surface area (Å²) in [6, 6.07) is 8.15. The van der Waals surface area contributed by atoms with Crippen molar-refractivity contribution in [1.29, 1.82) is 0 Å². The summed E-state index contributed by atoms with van der Waals surface area (Å²) < 4.78 is 40.6. The molecule has 0 bridgehead atoms. The average Bonchev–Trinajstić information content (AvgIpc) is 2.81. The number of halogens is 2. The van der Waals surface area contributed by atoms with E-state index in [1.54, 1.807) is 24.3 Å². The van der Waals surface area contributed by atoms with E-state index in [9.17, 15) is 17.6 Å². The van der Waals surface area contributed by atoms with Crippen molar-refractivity contribution in [2.24, 2.45) is 0 Å². The smallest absolute Gasteiger partial charge is 0.229 e. The van der Waals surface area contributed by atoms with E-state index in [1.807, 2.05) is 22.6 Å². The molecule has 0 radical (unpaired) electrons. The molecule has 0 spiro atoms. The maximum Gasteiger partial charge on any atom is 0.229 e. The number of fused-ring (bicyclic) bond motifs is 1. The highest BCUT2D eigenvalue weighted by Gasteiger charge is 2.23. The summed E-state index contributed by atoms with van der Waals surface area (Å²) in [5.41, 5.74) is 1.77. The maximum atomic E-state index is 14.1. The topological polar surface area (TPSA) is 63.2 Å². The van der Waals surface area contributed by atoms with Crippen LogP contribution in [0.4, 0.5) is 10.1 Å². The number of benzene rings is 2. The summed E-state index contributed by atoms with van der Waals surface area (Å²) in [7, 11) is -3.48. The first-order valence-corrected chi connectivity index (χ1v) is 10.8. The number of ketones is 1. The van der Waals surface area contributed by atoms with Crippen LogP contribution in [0.15, 0.2) is 40.1 Å².